The first-order valence-corrected chi connectivity index (χ1v) is 8.22. The Morgan fingerprint density at radius 2 is 1.77 bits per heavy atom. The van der Waals surface area contributed by atoms with Crippen LogP contribution in [0, 0.1) is 6.92 Å². The summed E-state index contributed by atoms with van der Waals surface area (Å²) in [4.78, 5) is 12.3. The first-order chi connectivity index (χ1) is 12.6. The highest BCUT2D eigenvalue weighted by Crippen LogP contribution is 2.15. The molecule has 7 heteroatoms. The summed E-state index contributed by atoms with van der Waals surface area (Å²) >= 11 is 0. The van der Waals surface area contributed by atoms with Crippen LogP contribution >= 0.6 is 0 Å². The minimum absolute atomic E-state index is 0.130. The van der Waals surface area contributed by atoms with E-state index < -0.39 is 0 Å². The maximum Gasteiger partial charge on any atom is 0.275 e. The monoisotopic (exact) mass is 351 g/mol. The van der Waals surface area contributed by atoms with Crippen molar-refractivity contribution in [2.75, 3.05) is 12.8 Å². The van der Waals surface area contributed by atoms with E-state index in [0.717, 1.165) is 16.9 Å². The minimum Gasteiger partial charge on any atom is -0.497 e. The molecule has 26 heavy (non-hydrogen) atoms. The van der Waals surface area contributed by atoms with Gasteiger partial charge in [0.25, 0.3) is 5.91 Å². The van der Waals surface area contributed by atoms with Crippen molar-refractivity contribution in [3.8, 4) is 5.75 Å². The average molecular weight is 351 g/mol. The Balaban J connectivity index is 1.65. The van der Waals surface area contributed by atoms with E-state index in [9.17, 15) is 4.79 Å². The molecule has 0 aliphatic carbocycles. The zero-order chi connectivity index (χ0) is 18.5. The number of hydrogen-bond acceptors (Lipinski definition) is 5. The highest BCUT2D eigenvalue weighted by molar-refractivity contribution is 5.96. The van der Waals surface area contributed by atoms with E-state index in [0.29, 0.717) is 13.1 Å². The van der Waals surface area contributed by atoms with Crippen LogP contribution in [-0.4, -0.2) is 28.0 Å². The smallest absolute Gasteiger partial charge is 0.275 e. The van der Waals surface area contributed by atoms with E-state index in [1.807, 2.05) is 55.5 Å². The van der Waals surface area contributed by atoms with Crippen molar-refractivity contribution in [1.29, 1.82) is 0 Å². The summed E-state index contributed by atoms with van der Waals surface area (Å²) in [6.07, 6.45) is 0. The second-order valence-electron chi connectivity index (χ2n) is 6.00. The van der Waals surface area contributed by atoms with Gasteiger partial charge in [-0.05, 0) is 30.2 Å². The number of ether oxygens (including phenoxy) is 1. The maximum atomic E-state index is 12.3. The molecule has 0 radical (unpaired) electrons. The van der Waals surface area contributed by atoms with Crippen LogP contribution in [0.15, 0.2) is 48.5 Å². The lowest BCUT2D eigenvalue weighted by Gasteiger charge is -2.06. The van der Waals surface area contributed by atoms with Crippen LogP contribution in [-0.2, 0) is 13.1 Å². The zero-order valence-electron chi connectivity index (χ0n) is 14.8. The van der Waals surface area contributed by atoms with E-state index in [1.54, 1.807) is 7.11 Å². The molecule has 0 saturated carbocycles. The number of carbonyl (C=O) groups is 1. The zero-order valence-corrected chi connectivity index (χ0v) is 14.8. The first-order valence-electron chi connectivity index (χ1n) is 8.22. The van der Waals surface area contributed by atoms with Gasteiger partial charge in [0.05, 0.1) is 13.7 Å². The van der Waals surface area contributed by atoms with Gasteiger partial charge in [0.15, 0.2) is 11.5 Å². The largest absolute Gasteiger partial charge is 0.497 e. The van der Waals surface area contributed by atoms with Gasteiger partial charge in [-0.2, -0.15) is 0 Å². The summed E-state index contributed by atoms with van der Waals surface area (Å²) in [6.45, 7) is 2.85. The summed E-state index contributed by atoms with van der Waals surface area (Å²) in [6, 6.07) is 15.5. The van der Waals surface area contributed by atoms with Gasteiger partial charge in [0, 0.05) is 6.54 Å². The molecule has 1 aromatic heterocycles. The predicted molar refractivity (Wildman–Crippen MR) is 98.9 cm³/mol. The van der Waals surface area contributed by atoms with E-state index in [1.165, 1.54) is 10.2 Å². The first kappa shape index (κ1) is 17.5. The normalized spacial score (nSPS) is 10.5. The number of hydrogen-bond donors (Lipinski definition) is 2. The SMILES string of the molecule is COc1ccc(Cn2nnc(C(=O)NCc3ccc(C)cc3)c2N)cc1. The second-order valence-corrected chi connectivity index (χ2v) is 6.00. The van der Waals surface area contributed by atoms with Gasteiger partial charge < -0.3 is 15.8 Å². The fourth-order valence-corrected chi connectivity index (χ4v) is 2.47. The molecule has 0 atom stereocenters. The van der Waals surface area contributed by atoms with Gasteiger partial charge in [-0.3, -0.25) is 4.79 Å². The molecule has 1 amide bonds. The Labute approximate surface area is 151 Å². The van der Waals surface area contributed by atoms with E-state index in [4.69, 9.17) is 10.5 Å². The third-order valence-corrected chi connectivity index (χ3v) is 4.05. The lowest BCUT2D eigenvalue weighted by atomic mass is 10.1. The Bertz CT molecular complexity index is 885. The summed E-state index contributed by atoms with van der Waals surface area (Å²) in [7, 11) is 1.62. The molecule has 0 aliphatic rings. The Morgan fingerprint density at radius 3 is 2.42 bits per heavy atom. The highest BCUT2D eigenvalue weighted by Gasteiger charge is 2.17. The maximum absolute atomic E-state index is 12.3. The number of aryl methyl sites for hydroxylation is 1. The van der Waals surface area contributed by atoms with Crippen molar-refractivity contribution < 1.29 is 9.53 Å². The molecule has 0 aliphatic heterocycles. The second kappa shape index (κ2) is 7.69. The molecule has 3 N–H and O–H groups in total. The predicted octanol–water partition coefficient (Wildman–Crippen LogP) is 2.16. The minimum atomic E-state index is -0.343. The number of nitrogens with one attached hydrogen (secondary N) is 1. The molecule has 2 aromatic carbocycles. The molecule has 7 nitrogen and oxygen atoms in total. The Morgan fingerprint density at radius 1 is 1.12 bits per heavy atom. The van der Waals surface area contributed by atoms with Crippen LogP contribution in [0.2, 0.25) is 0 Å². The number of nitrogens with zero attached hydrogens (tertiary/aromatic N) is 3. The third kappa shape index (κ3) is 4.00. The average Bonchev–Trinajstić information content (AvgIpc) is 3.02. The molecule has 0 bridgehead atoms. The topological polar surface area (TPSA) is 95.1 Å². The van der Waals surface area contributed by atoms with Gasteiger partial charge in [-0.15, -0.1) is 5.10 Å². The van der Waals surface area contributed by atoms with Crippen molar-refractivity contribution in [2.24, 2.45) is 0 Å². The van der Waals surface area contributed by atoms with Crippen LogP contribution in [0.3, 0.4) is 0 Å². The fraction of sp³-hybridized carbons (Fsp3) is 0.211. The van der Waals surface area contributed by atoms with E-state index in [2.05, 4.69) is 15.6 Å². The van der Waals surface area contributed by atoms with Crippen LogP contribution in [0.4, 0.5) is 5.82 Å². The summed E-state index contributed by atoms with van der Waals surface area (Å²) in [5.74, 6) is 0.669. The molecule has 0 fully saturated rings. The molecule has 0 spiro atoms. The molecular formula is C19H21N5O2. The number of amides is 1. The number of benzene rings is 2. The number of nitrogens with two attached hydrogens (primary N) is 1. The van der Waals surface area contributed by atoms with Crippen LogP contribution in [0.1, 0.15) is 27.2 Å². The summed E-state index contributed by atoms with van der Waals surface area (Å²) in [5, 5.41) is 10.7. The van der Waals surface area contributed by atoms with Gasteiger partial charge in [0.2, 0.25) is 0 Å². The number of aromatic nitrogens is 3. The molecular weight excluding hydrogens is 330 g/mol. The fourth-order valence-electron chi connectivity index (χ4n) is 2.47. The van der Waals surface area contributed by atoms with E-state index in [-0.39, 0.29) is 17.4 Å². The van der Waals surface area contributed by atoms with E-state index >= 15 is 0 Å². The van der Waals surface area contributed by atoms with Crippen LogP contribution in [0.25, 0.3) is 0 Å². The molecule has 0 unspecified atom stereocenters. The molecule has 0 saturated heterocycles. The quantitative estimate of drug-likeness (QED) is 0.709. The Hall–Kier alpha value is -3.35. The summed E-state index contributed by atoms with van der Waals surface area (Å²) < 4.78 is 6.64. The number of rotatable bonds is 6. The number of nitrogen functional groups attached to an aromatic ring is 1. The number of methoxy groups -OCH3 is 1. The standard InChI is InChI=1S/C19H21N5O2/c1-13-3-5-14(6-4-13)11-21-19(25)17-18(20)24(23-22-17)12-15-7-9-16(26-2)10-8-15/h3-10H,11-12,20H2,1-2H3,(H,21,25). The van der Waals surface area contributed by atoms with Gasteiger partial charge in [0.1, 0.15) is 5.75 Å². The third-order valence-electron chi connectivity index (χ3n) is 4.05. The number of carbonyl (C=O) groups excluding carboxylic acids is 1. The molecule has 134 valence electrons. The Kier molecular flexibility index (Phi) is 5.17. The van der Waals surface area contributed by atoms with Gasteiger partial charge >= 0.3 is 0 Å². The van der Waals surface area contributed by atoms with Crippen molar-refractivity contribution >= 4 is 11.7 Å². The molecule has 3 aromatic rings. The van der Waals surface area contributed by atoms with Crippen molar-refractivity contribution in [3.05, 3.63) is 70.9 Å². The summed E-state index contributed by atoms with van der Waals surface area (Å²) in [5.41, 5.74) is 9.34. The van der Waals surface area contributed by atoms with Gasteiger partial charge in [-0.1, -0.05) is 47.2 Å². The van der Waals surface area contributed by atoms with Crippen LogP contribution < -0.4 is 15.8 Å². The van der Waals surface area contributed by atoms with Crippen molar-refractivity contribution in [2.45, 2.75) is 20.0 Å². The molecule has 1 heterocycles. The molecule has 3 rings (SSSR count). The number of anilines is 1. The van der Waals surface area contributed by atoms with Gasteiger partial charge in [-0.25, -0.2) is 4.68 Å². The van der Waals surface area contributed by atoms with Crippen LogP contribution in [0.5, 0.6) is 5.75 Å². The highest BCUT2D eigenvalue weighted by atomic mass is 16.5. The van der Waals surface area contributed by atoms with Crippen molar-refractivity contribution in [3.63, 3.8) is 0 Å². The van der Waals surface area contributed by atoms with Crippen molar-refractivity contribution in [1.82, 2.24) is 20.3 Å². The lowest BCUT2D eigenvalue weighted by Crippen LogP contribution is -2.24. The lowest BCUT2D eigenvalue weighted by molar-refractivity contribution is 0.0946.